The number of fused-ring (bicyclic) bond motifs is 1. The number of carbonyl (C=O) groups is 1. The molecule has 154 valence electrons. The van der Waals surface area contributed by atoms with Crippen LogP contribution in [0.4, 0.5) is 18.9 Å². The molecule has 0 radical (unpaired) electrons. The fraction of sp³-hybridized carbons (Fsp3) is 0.150. The molecule has 0 fully saturated rings. The van der Waals surface area contributed by atoms with Crippen LogP contribution in [0.5, 0.6) is 0 Å². The molecule has 2 aromatic carbocycles. The molecule has 30 heavy (non-hydrogen) atoms. The molecular formula is C20H14ClF3N4OS. The molecule has 2 aromatic heterocycles. The van der Waals surface area contributed by atoms with E-state index in [4.69, 9.17) is 11.6 Å². The molecule has 0 aliphatic rings. The predicted molar refractivity (Wildman–Crippen MR) is 111 cm³/mol. The summed E-state index contributed by atoms with van der Waals surface area (Å²) in [5.74, 6) is -0.784. The van der Waals surface area contributed by atoms with Gasteiger partial charge in [-0.2, -0.15) is 18.3 Å². The number of carbonyl (C=O) groups excluding carboxylic acids is 1. The molecule has 1 N–H and O–H groups in total. The number of halogens is 4. The lowest BCUT2D eigenvalue weighted by molar-refractivity contribution is -0.141. The second-order valence-electron chi connectivity index (χ2n) is 6.65. The number of aryl methyl sites for hydroxylation is 2. The van der Waals surface area contributed by atoms with Gasteiger partial charge < -0.3 is 5.32 Å². The SMILES string of the molecule is Cc1ccc2nc(-c3ccc(NC(=O)c4c(Cl)c(C(F)(F)F)nn4C)cc3)sc2c1. The van der Waals surface area contributed by atoms with Crippen LogP contribution in [-0.4, -0.2) is 20.7 Å². The molecule has 1 amide bonds. The van der Waals surface area contributed by atoms with Gasteiger partial charge in [0.05, 0.1) is 10.2 Å². The second kappa shape index (κ2) is 7.41. The Kier molecular flexibility index (Phi) is 5.03. The third-order valence-corrected chi connectivity index (χ3v) is 5.83. The average Bonchev–Trinajstić information content (AvgIpc) is 3.22. The van der Waals surface area contributed by atoms with Crippen LogP contribution in [0.15, 0.2) is 42.5 Å². The van der Waals surface area contributed by atoms with Crippen LogP contribution in [0.2, 0.25) is 5.02 Å². The first-order valence-corrected chi connectivity index (χ1v) is 9.91. The molecule has 0 unspecified atom stereocenters. The van der Waals surface area contributed by atoms with E-state index in [2.05, 4.69) is 21.5 Å². The van der Waals surface area contributed by atoms with E-state index in [1.54, 1.807) is 35.6 Å². The van der Waals surface area contributed by atoms with Crippen molar-refractivity contribution in [1.29, 1.82) is 0 Å². The van der Waals surface area contributed by atoms with E-state index >= 15 is 0 Å². The third-order valence-electron chi connectivity index (χ3n) is 4.41. The van der Waals surface area contributed by atoms with Crippen LogP contribution in [0.3, 0.4) is 0 Å². The van der Waals surface area contributed by atoms with Gasteiger partial charge in [-0.3, -0.25) is 9.48 Å². The van der Waals surface area contributed by atoms with Crippen LogP contribution in [-0.2, 0) is 13.2 Å². The van der Waals surface area contributed by atoms with E-state index < -0.39 is 22.8 Å². The van der Waals surface area contributed by atoms with Crippen molar-refractivity contribution in [2.24, 2.45) is 7.05 Å². The van der Waals surface area contributed by atoms with E-state index in [1.807, 2.05) is 19.1 Å². The quantitative estimate of drug-likeness (QED) is 0.421. The Labute approximate surface area is 178 Å². The Morgan fingerprint density at radius 2 is 1.87 bits per heavy atom. The van der Waals surface area contributed by atoms with Crippen LogP contribution < -0.4 is 5.32 Å². The molecule has 0 aliphatic carbocycles. The minimum Gasteiger partial charge on any atom is -0.321 e. The summed E-state index contributed by atoms with van der Waals surface area (Å²) in [5.41, 5.74) is 1.67. The highest BCUT2D eigenvalue weighted by Gasteiger charge is 2.39. The summed E-state index contributed by atoms with van der Waals surface area (Å²) in [5, 5.41) is 5.96. The van der Waals surface area contributed by atoms with Gasteiger partial charge in [-0.15, -0.1) is 11.3 Å². The molecule has 0 spiro atoms. The molecule has 0 bridgehead atoms. The Morgan fingerprint density at radius 3 is 2.50 bits per heavy atom. The monoisotopic (exact) mass is 450 g/mol. The van der Waals surface area contributed by atoms with Crippen molar-refractivity contribution in [3.05, 3.63) is 64.4 Å². The van der Waals surface area contributed by atoms with Crippen molar-refractivity contribution in [2.45, 2.75) is 13.1 Å². The number of nitrogens with zero attached hydrogens (tertiary/aromatic N) is 3. The second-order valence-corrected chi connectivity index (χ2v) is 8.06. The first kappa shape index (κ1) is 20.4. The lowest BCUT2D eigenvalue weighted by Gasteiger charge is -2.07. The smallest absolute Gasteiger partial charge is 0.321 e. The van der Waals surface area contributed by atoms with Crippen LogP contribution in [0.1, 0.15) is 21.7 Å². The maximum absolute atomic E-state index is 12.9. The van der Waals surface area contributed by atoms with Crippen molar-refractivity contribution in [3.8, 4) is 10.6 Å². The number of anilines is 1. The van der Waals surface area contributed by atoms with Crippen molar-refractivity contribution < 1.29 is 18.0 Å². The van der Waals surface area contributed by atoms with Gasteiger partial charge in [0.25, 0.3) is 5.91 Å². The number of alkyl halides is 3. The number of nitrogens with one attached hydrogen (secondary N) is 1. The first-order valence-electron chi connectivity index (χ1n) is 8.72. The summed E-state index contributed by atoms with van der Waals surface area (Å²) < 4.78 is 40.7. The predicted octanol–water partition coefficient (Wildman–Crippen LogP) is 5.93. The van der Waals surface area contributed by atoms with Gasteiger partial charge >= 0.3 is 6.18 Å². The standard InChI is InChI=1S/C20H14ClF3N4OS/c1-10-3-8-13-14(9-10)30-19(26-13)11-4-6-12(7-5-11)25-18(29)16-15(21)17(20(22,23)24)27-28(16)2/h3-9H,1-2H3,(H,25,29). The average molecular weight is 451 g/mol. The van der Waals surface area contributed by atoms with Gasteiger partial charge in [0, 0.05) is 18.3 Å². The number of thiazole rings is 1. The van der Waals surface area contributed by atoms with Gasteiger partial charge in [-0.1, -0.05) is 17.7 Å². The molecule has 4 aromatic rings. The number of benzene rings is 2. The van der Waals surface area contributed by atoms with Gasteiger partial charge in [0.2, 0.25) is 0 Å². The zero-order valence-electron chi connectivity index (χ0n) is 15.7. The third kappa shape index (κ3) is 3.78. The summed E-state index contributed by atoms with van der Waals surface area (Å²) in [6.07, 6.45) is -4.75. The molecule has 2 heterocycles. The summed E-state index contributed by atoms with van der Waals surface area (Å²) in [4.78, 5) is 17.1. The number of amides is 1. The van der Waals surface area contributed by atoms with Crippen molar-refractivity contribution >= 4 is 44.7 Å². The normalized spacial score (nSPS) is 11.8. The summed E-state index contributed by atoms with van der Waals surface area (Å²) in [7, 11) is 1.23. The number of hydrogen-bond acceptors (Lipinski definition) is 4. The molecule has 0 saturated carbocycles. The van der Waals surface area contributed by atoms with E-state index in [1.165, 1.54) is 7.05 Å². The van der Waals surface area contributed by atoms with Gasteiger partial charge in [-0.05, 0) is 48.9 Å². The van der Waals surface area contributed by atoms with E-state index in [0.29, 0.717) is 5.69 Å². The molecule has 0 atom stereocenters. The highest BCUT2D eigenvalue weighted by Crippen LogP contribution is 2.36. The maximum atomic E-state index is 12.9. The Hall–Kier alpha value is -2.91. The molecule has 4 rings (SSSR count). The zero-order chi connectivity index (χ0) is 21.6. The summed E-state index contributed by atoms with van der Waals surface area (Å²) >= 11 is 7.32. The Balaban J connectivity index is 1.56. The topological polar surface area (TPSA) is 59.8 Å². The zero-order valence-corrected chi connectivity index (χ0v) is 17.3. The molecule has 5 nitrogen and oxygen atoms in total. The number of rotatable bonds is 3. The number of hydrogen-bond donors (Lipinski definition) is 1. The van der Waals surface area contributed by atoms with Crippen molar-refractivity contribution in [1.82, 2.24) is 14.8 Å². The Morgan fingerprint density at radius 1 is 1.17 bits per heavy atom. The Bertz CT molecular complexity index is 1260. The highest BCUT2D eigenvalue weighted by molar-refractivity contribution is 7.21. The van der Waals surface area contributed by atoms with E-state index in [-0.39, 0.29) is 5.69 Å². The van der Waals surface area contributed by atoms with E-state index in [9.17, 15) is 18.0 Å². The molecule has 0 saturated heterocycles. The lowest BCUT2D eigenvalue weighted by Crippen LogP contribution is -2.16. The van der Waals surface area contributed by atoms with Gasteiger partial charge in [-0.25, -0.2) is 4.98 Å². The fourth-order valence-corrected chi connectivity index (χ4v) is 4.39. The van der Waals surface area contributed by atoms with Crippen molar-refractivity contribution in [3.63, 3.8) is 0 Å². The molecular weight excluding hydrogens is 437 g/mol. The van der Waals surface area contributed by atoms with Gasteiger partial charge in [0.15, 0.2) is 5.69 Å². The first-order chi connectivity index (χ1) is 14.1. The number of aromatic nitrogens is 3. The highest BCUT2D eigenvalue weighted by atomic mass is 35.5. The molecule has 10 heteroatoms. The van der Waals surface area contributed by atoms with Crippen molar-refractivity contribution in [2.75, 3.05) is 5.32 Å². The molecule has 0 aliphatic heterocycles. The van der Waals surface area contributed by atoms with Crippen LogP contribution >= 0.6 is 22.9 Å². The van der Waals surface area contributed by atoms with E-state index in [0.717, 1.165) is 31.0 Å². The largest absolute Gasteiger partial charge is 0.436 e. The summed E-state index contributed by atoms with van der Waals surface area (Å²) in [6, 6.07) is 12.9. The maximum Gasteiger partial charge on any atom is 0.436 e. The minimum atomic E-state index is -4.75. The fourth-order valence-electron chi connectivity index (χ4n) is 2.97. The minimum absolute atomic E-state index is 0.366. The lowest BCUT2D eigenvalue weighted by atomic mass is 10.2. The van der Waals surface area contributed by atoms with Crippen LogP contribution in [0, 0.1) is 6.92 Å². The van der Waals surface area contributed by atoms with Crippen LogP contribution in [0.25, 0.3) is 20.8 Å². The summed E-state index contributed by atoms with van der Waals surface area (Å²) in [6.45, 7) is 2.02. The van der Waals surface area contributed by atoms with Gasteiger partial charge in [0.1, 0.15) is 15.7 Å².